The molecule has 0 N–H and O–H groups in total. The highest BCUT2D eigenvalue weighted by Gasteiger charge is 2.36. The minimum atomic E-state index is -0.388. The molecule has 4 heterocycles. The molecule has 14 heteroatoms. The number of methoxy groups -OCH3 is 2. The van der Waals surface area contributed by atoms with E-state index in [0.29, 0.717) is 84.5 Å². The number of carbonyl (C=O) groups is 2. The number of morpholine rings is 2. The van der Waals surface area contributed by atoms with E-state index in [1.165, 1.54) is 4.90 Å². The van der Waals surface area contributed by atoms with Crippen LogP contribution in [0.1, 0.15) is 32.1 Å². The quantitative estimate of drug-likeness (QED) is 0.166. The lowest BCUT2D eigenvalue weighted by atomic mass is 10.1. The van der Waals surface area contributed by atoms with Gasteiger partial charge in [-0.15, -0.1) is 0 Å². The molecule has 0 aliphatic carbocycles. The first-order valence-electron chi connectivity index (χ1n) is 18.9. The minimum Gasteiger partial charge on any atom is -0.493 e. The summed E-state index contributed by atoms with van der Waals surface area (Å²) in [5.41, 5.74) is 2.95. The average molecular weight is 755 g/mol. The average Bonchev–Trinajstić information content (AvgIpc) is 3.43. The molecule has 1 aromatic heterocycles. The molecule has 2 saturated heterocycles. The van der Waals surface area contributed by atoms with Gasteiger partial charge in [-0.2, -0.15) is 0 Å². The van der Waals surface area contributed by atoms with E-state index in [4.69, 9.17) is 28.7 Å². The third-order valence-corrected chi connectivity index (χ3v) is 10.4. The summed E-state index contributed by atoms with van der Waals surface area (Å²) in [5.74, 6) is 1.49. The van der Waals surface area contributed by atoms with E-state index in [9.17, 15) is 14.4 Å². The van der Waals surface area contributed by atoms with Gasteiger partial charge in [-0.1, -0.05) is 6.07 Å². The van der Waals surface area contributed by atoms with E-state index in [-0.39, 0.29) is 36.4 Å². The smallest absolute Gasteiger partial charge is 0.261 e. The monoisotopic (exact) mass is 754 g/mol. The van der Waals surface area contributed by atoms with Crippen molar-refractivity contribution in [2.45, 2.75) is 25.5 Å². The summed E-state index contributed by atoms with van der Waals surface area (Å²) < 4.78 is 30.0. The molecule has 55 heavy (non-hydrogen) atoms. The first kappa shape index (κ1) is 38.3. The lowest BCUT2D eigenvalue weighted by molar-refractivity contribution is 0.0248. The number of fused-ring (bicyclic) bond motifs is 2. The van der Waals surface area contributed by atoms with Crippen LogP contribution in [0.5, 0.6) is 17.2 Å². The molecule has 2 fully saturated rings. The van der Waals surface area contributed by atoms with Crippen molar-refractivity contribution < 1.29 is 33.3 Å². The van der Waals surface area contributed by atoms with Crippen LogP contribution in [0, 0.1) is 0 Å². The Morgan fingerprint density at radius 3 is 2.40 bits per heavy atom. The molecule has 7 rings (SSSR count). The summed E-state index contributed by atoms with van der Waals surface area (Å²) in [4.78, 5) is 54.5. The summed E-state index contributed by atoms with van der Waals surface area (Å²) in [6.45, 7) is 7.59. The fourth-order valence-corrected chi connectivity index (χ4v) is 7.51. The van der Waals surface area contributed by atoms with Crippen LogP contribution in [0.2, 0.25) is 0 Å². The molecule has 3 aromatic carbocycles. The fourth-order valence-electron chi connectivity index (χ4n) is 7.51. The van der Waals surface area contributed by atoms with E-state index in [1.807, 2.05) is 50.5 Å². The maximum atomic E-state index is 14.3. The Morgan fingerprint density at radius 2 is 1.62 bits per heavy atom. The van der Waals surface area contributed by atoms with Gasteiger partial charge in [0, 0.05) is 64.5 Å². The Bertz CT molecular complexity index is 2080. The summed E-state index contributed by atoms with van der Waals surface area (Å²) in [6.07, 6.45) is 0.768. The van der Waals surface area contributed by atoms with Gasteiger partial charge in [0.05, 0.1) is 62.2 Å². The second-order valence-electron chi connectivity index (χ2n) is 14.3. The van der Waals surface area contributed by atoms with E-state index in [1.54, 1.807) is 37.0 Å². The Kier molecular flexibility index (Phi) is 12.0. The summed E-state index contributed by atoms with van der Waals surface area (Å²) in [5, 5.41) is 0.500. The molecular weight excluding hydrogens is 704 g/mol. The van der Waals surface area contributed by atoms with Gasteiger partial charge in [-0.05, 0) is 74.6 Å². The Morgan fingerprint density at radius 1 is 0.818 bits per heavy atom. The van der Waals surface area contributed by atoms with Crippen molar-refractivity contribution in [2.24, 2.45) is 0 Å². The van der Waals surface area contributed by atoms with Crippen LogP contribution in [0.4, 0.5) is 5.69 Å². The van der Waals surface area contributed by atoms with Gasteiger partial charge < -0.3 is 33.5 Å². The lowest BCUT2D eigenvalue weighted by Crippen LogP contribution is -2.46. The second kappa shape index (κ2) is 17.2. The summed E-state index contributed by atoms with van der Waals surface area (Å²) in [7, 11) is 7.24. The zero-order valence-corrected chi connectivity index (χ0v) is 32.1. The fraction of sp³-hybridized carbons (Fsp3) is 0.463. The molecule has 2 amide bonds. The van der Waals surface area contributed by atoms with Crippen molar-refractivity contribution in [3.63, 3.8) is 0 Å². The molecule has 0 saturated carbocycles. The van der Waals surface area contributed by atoms with Crippen LogP contribution in [0.3, 0.4) is 0 Å². The normalized spacial score (nSPS) is 17.7. The molecule has 14 nitrogen and oxygen atoms in total. The molecule has 0 radical (unpaired) electrons. The molecule has 0 spiro atoms. The number of aromatic nitrogens is 2. The van der Waals surface area contributed by atoms with Crippen LogP contribution in [0.25, 0.3) is 10.9 Å². The van der Waals surface area contributed by atoms with Gasteiger partial charge in [-0.3, -0.25) is 28.8 Å². The number of rotatable bonds is 15. The Labute approximate surface area is 321 Å². The number of likely N-dealkylation sites (N-methyl/N-ethyl adjacent to an activating group) is 1. The Balaban J connectivity index is 1.13. The topological polar surface area (TPSA) is 128 Å². The van der Waals surface area contributed by atoms with Gasteiger partial charge in [0.2, 0.25) is 0 Å². The number of nitrogens with zero attached hydrogens (tertiary/aromatic N) is 6. The zero-order valence-electron chi connectivity index (χ0n) is 32.1. The number of carbonyl (C=O) groups excluding carboxylic acids is 2. The first-order valence-corrected chi connectivity index (χ1v) is 18.9. The van der Waals surface area contributed by atoms with Crippen molar-refractivity contribution in [2.75, 3.05) is 105 Å². The maximum absolute atomic E-state index is 14.3. The highest BCUT2D eigenvalue weighted by Crippen LogP contribution is 2.29. The second-order valence-corrected chi connectivity index (χ2v) is 14.3. The molecular formula is C41H50N6O8. The van der Waals surface area contributed by atoms with E-state index >= 15 is 0 Å². The van der Waals surface area contributed by atoms with Crippen LogP contribution in [-0.4, -0.2) is 143 Å². The zero-order chi connectivity index (χ0) is 38.5. The number of amides is 2. The van der Waals surface area contributed by atoms with Gasteiger partial charge in [0.25, 0.3) is 17.4 Å². The molecule has 0 bridgehead atoms. The third-order valence-electron chi connectivity index (χ3n) is 10.4. The molecule has 3 aliphatic heterocycles. The van der Waals surface area contributed by atoms with Gasteiger partial charge in [-0.25, -0.2) is 4.98 Å². The largest absolute Gasteiger partial charge is 0.493 e. The number of anilines is 1. The first-order chi connectivity index (χ1) is 26.7. The van der Waals surface area contributed by atoms with Crippen LogP contribution < -0.4 is 24.7 Å². The molecule has 3 aliphatic rings. The third kappa shape index (κ3) is 8.62. The predicted molar refractivity (Wildman–Crippen MR) is 208 cm³/mol. The van der Waals surface area contributed by atoms with Gasteiger partial charge in [0.15, 0.2) is 11.5 Å². The van der Waals surface area contributed by atoms with Gasteiger partial charge >= 0.3 is 0 Å². The van der Waals surface area contributed by atoms with Crippen LogP contribution >= 0.6 is 0 Å². The van der Waals surface area contributed by atoms with Crippen LogP contribution in [-0.2, 0) is 28.9 Å². The van der Waals surface area contributed by atoms with Crippen molar-refractivity contribution >= 4 is 28.4 Å². The maximum Gasteiger partial charge on any atom is 0.261 e. The van der Waals surface area contributed by atoms with Crippen molar-refractivity contribution in [1.29, 1.82) is 0 Å². The summed E-state index contributed by atoms with van der Waals surface area (Å²) in [6, 6.07) is 16.5. The highest BCUT2D eigenvalue weighted by molar-refractivity contribution is 6.21. The number of hydrogen-bond donors (Lipinski definition) is 0. The molecule has 292 valence electrons. The number of hydrogen-bond acceptors (Lipinski definition) is 12. The van der Waals surface area contributed by atoms with Crippen LogP contribution in [0.15, 0.2) is 59.4 Å². The SMILES string of the molecule is COc1ccc(CCn2c(CCN3C(=O)c4ccc(OCCN5CCOCC5)cc4C3=O)nc3cc(N4CCOC(CN(C)C)C4)ccc3c2=O)cc1OC. The van der Waals surface area contributed by atoms with E-state index in [0.717, 1.165) is 50.5 Å². The number of aryl methyl sites for hydroxylation is 1. The van der Waals surface area contributed by atoms with Crippen molar-refractivity contribution in [1.82, 2.24) is 24.3 Å². The Hall–Kier alpha value is -5.02. The summed E-state index contributed by atoms with van der Waals surface area (Å²) >= 11 is 0. The number of imide groups is 1. The minimum absolute atomic E-state index is 0.0588. The van der Waals surface area contributed by atoms with E-state index < -0.39 is 0 Å². The number of benzene rings is 3. The van der Waals surface area contributed by atoms with Crippen molar-refractivity contribution in [3.8, 4) is 17.2 Å². The van der Waals surface area contributed by atoms with Crippen molar-refractivity contribution in [3.05, 3.63) is 87.5 Å². The number of ether oxygens (including phenoxy) is 5. The lowest BCUT2D eigenvalue weighted by Gasteiger charge is -2.35. The van der Waals surface area contributed by atoms with E-state index in [2.05, 4.69) is 14.7 Å². The highest BCUT2D eigenvalue weighted by atomic mass is 16.5. The predicted octanol–water partition coefficient (Wildman–Crippen LogP) is 2.97. The van der Waals surface area contributed by atoms with Gasteiger partial charge in [0.1, 0.15) is 18.2 Å². The molecule has 1 atom stereocenters. The standard InChI is InChI=1S/C41H50N6O8/c1-43(2)26-31-27-45(18-22-55-31)29-6-8-33-35(24-29)42-38(46(40(33)49)13-11-28-5-10-36(51-3)37(23-28)52-4)12-14-47-39(48)32-9-7-30(25-34(32)41(47)50)54-21-17-44-15-19-53-20-16-44/h5-10,23-25,31H,11-22,26-27H2,1-4H3. The molecule has 4 aromatic rings. The molecule has 1 unspecified atom stereocenters.